The number of piperidine rings is 1. The molecule has 0 aromatic heterocycles. The Morgan fingerprint density at radius 3 is 2.46 bits per heavy atom. The van der Waals surface area contributed by atoms with Crippen molar-refractivity contribution in [2.45, 2.75) is 30.9 Å². The zero-order valence-electron chi connectivity index (χ0n) is 13.5. The summed E-state index contributed by atoms with van der Waals surface area (Å²) in [5.41, 5.74) is 0.692. The van der Waals surface area contributed by atoms with Crippen molar-refractivity contribution in [3.05, 3.63) is 71.5 Å². The molecule has 0 bridgehead atoms. The number of likely N-dealkylation sites (tertiary alicyclic amines) is 1. The second-order valence-electron chi connectivity index (χ2n) is 6.48. The Labute approximate surface area is 142 Å². The molecule has 0 amide bonds. The smallest absolute Gasteiger partial charge is 0.123 e. The number of rotatable bonds is 4. The third-order valence-electron chi connectivity index (χ3n) is 4.82. The van der Waals surface area contributed by atoms with Crippen LogP contribution in [0.5, 0.6) is 0 Å². The van der Waals surface area contributed by atoms with Gasteiger partial charge in [-0.15, -0.1) is 0 Å². The van der Waals surface area contributed by atoms with Crippen molar-refractivity contribution < 1.29 is 9.50 Å². The van der Waals surface area contributed by atoms with Gasteiger partial charge in [0.15, 0.2) is 0 Å². The van der Waals surface area contributed by atoms with E-state index in [0.29, 0.717) is 18.4 Å². The molecule has 3 rings (SSSR count). The molecule has 0 spiro atoms. The Balaban J connectivity index is 1.68. The van der Waals surface area contributed by atoms with Crippen molar-refractivity contribution in [1.29, 1.82) is 5.26 Å². The predicted molar refractivity (Wildman–Crippen MR) is 90.7 cm³/mol. The van der Waals surface area contributed by atoms with Crippen LogP contribution in [0, 0.1) is 17.1 Å². The molecule has 1 saturated heterocycles. The van der Waals surface area contributed by atoms with Crippen LogP contribution < -0.4 is 0 Å². The summed E-state index contributed by atoms with van der Waals surface area (Å²) in [4.78, 5) is 2.28. The Kier molecular flexibility index (Phi) is 4.94. The van der Waals surface area contributed by atoms with Gasteiger partial charge in [-0.2, -0.15) is 5.26 Å². The number of benzene rings is 2. The van der Waals surface area contributed by atoms with Crippen molar-refractivity contribution in [1.82, 2.24) is 4.90 Å². The molecule has 3 nitrogen and oxygen atoms in total. The van der Waals surface area contributed by atoms with Crippen molar-refractivity contribution in [3.63, 3.8) is 0 Å². The zero-order chi connectivity index (χ0) is 17.0. The molecule has 0 saturated carbocycles. The second kappa shape index (κ2) is 7.12. The minimum absolute atomic E-state index is 0.377. The van der Waals surface area contributed by atoms with Crippen LogP contribution in [0.15, 0.2) is 54.6 Å². The molecule has 2 aromatic rings. The fourth-order valence-corrected chi connectivity index (χ4v) is 3.42. The lowest BCUT2D eigenvalue weighted by Crippen LogP contribution is -2.47. The summed E-state index contributed by atoms with van der Waals surface area (Å²) in [6.07, 6.45) is 1.02. The quantitative estimate of drug-likeness (QED) is 0.937. The number of nitrogens with zero attached hydrogens (tertiary/aromatic N) is 2. The van der Waals surface area contributed by atoms with Crippen LogP contribution >= 0.6 is 0 Å². The number of hydrogen-bond donors (Lipinski definition) is 1. The molecule has 1 unspecified atom stereocenters. The third kappa shape index (κ3) is 3.64. The third-order valence-corrected chi connectivity index (χ3v) is 4.82. The van der Waals surface area contributed by atoms with E-state index in [2.05, 4.69) is 23.1 Å². The SMILES string of the molecule is N#CC(c1cccc(F)c1)C1(O)CCN(Cc2ccccc2)CC1. The molecule has 1 atom stereocenters. The van der Waals surface area contributed by atoms with Gasteiger partial charge in [0.05, 0.1) is 11.7 Å². The Morgan fingerprint density at radius 1 is 1.12 bits per heavy atom. The van der Waals surface area contributed by atoms with Crippen LogP contribution in [0.2, 0.25) is 0 Å². The van der Waals surface area contributed by atoms with E-state index in [1.807, 2.05) is 18.2 Å². The Morgan fingerprint density at radius 2 is 1.83 bits per heavy atom. The van der Waals surface area contributed by atoms with E-state index in [0.717, 1.165) is 19.6 Å². The van der Waals surface area contributed by atoms with Gasteiger partial charge in [0.2, 0.25) is 0 Å². The summed E-state index contributed by atoms with van der Waals surface area (Å²) in [5, 5.41) is 20.5. The fraction of sp³-hybridized carbons (Fsp3) is 0.350. The molecule has 0 radical (unpaired) electrons. The van der Waals surface area contributed by atoms with Gasteiger partial charge in [-0.25, -0.2) is 4.39 Å². The van der Waals surface area contributed by atoms with Crippen LogP contribution in [0.4, 0.5) is 4.39 Å². The van der Waals surface area contributed by atoms with E-state index in [1.165, 1.54) is 17.7 Å². The first kappa shape index (κ1) is 16.6. The van der Waals surface area contributed by atoms with E-state index >= 15 is 0 Å². The average molecular weight is 324 g/mol. The van der Waals surface area contributed by atoms with Crippen molar-refractivity contribution in [2.75, 3.05) is 13.1 Å². The number of nitriles is 1. The number of halogens is 1. The molecule has 2 aromatic carbocycles. The lowest BCUT2D eigenvalue weighted by Gasteiger charge is -2.40. The normalized spacial score (nSPS) is 18.7. The van der Waals surface area contributed by atoms with Gasteiger partial charge >= 0.3 is 0 Å². The Bertz CT molecular complexity index is 718. The van der Waals surface area contributed by atoms with Gasteiger partial charge in [-0.3, -0.25) is 4.90 Å². The van der Waals surface area contributed by atoms with Crippen molar-refractivity contribution >= 4 is 0 Å². The molecule has 1 heterocycles. The maximum absolute atomic E-state index is 13.5. The molecule has 4 heteroatoms. The van der Waals surface area contributed by atoms with E-state index in [4.69, 9.17) is 0 Å². The van der Waals surface area contributed by atoms with Gasteiger partial charge in [0.25, 0.3) is 0 Å². The van der Waals surface area contributed by atoms with Crippen LogP contribution in [-0.4, -0.2) is 28.7 Å². The summed E-state index contributed by atoms with van der Waals surface area (Å²) >= 11 is 0. The topological polar surface area (TPSA) is 47.3 Å². The second-order valence-corrected chi connectivity index (χ2v) is 6.48. The molecule has 124 valence electrons. The monoisotopic (exact) mass is 324 g/mol. The Hall–Kier alpha value is -2.22. The van der Waals surface area contributed by atoms with E-state index in [-0.39, 0.29) is 5.82 Å². The minimum Gasteiger partial charge on any atom is -0.388 e. The standard InChI is InChI=1S/C20H21FN2O/c21-18-8-4-7-17(13-18)19(14-22)20(24)9-11-23(12-10-20)15-16-5-2-1-3-6-16/h1-8,13,19,24H,9-12,15H2. The van der Waals surface area contributed by atoms with Crippen molar-refractivity contribution in [3.8, 4) is 6.07 Å². The largest absolute Gasteiger partial charge is 0.388 e. The summed E-state index contributed by atoms with van der Waals surface area (Å²) in [6, 6.07) is 18.4. The van der Waals surface area contributed by atoms with Gasteiger partial charge in [0.1, 0.15) is 11.7 Å². The lowest BCUT2D eigenvalue weighted by molar-refractivity contribution is -0.0323. The van der Waals surface area contributed by atoms with E-state index in [1.54, 1.807) is 12.1 Å². The molecule has 1 aliphatic rings. The van der Waals surface area contributed by atoms with Gasteiger partial charge in [-0.05, 0) is 36.1 Å². The van der Waals surface area contributed by atoms with Crippen molar-refractivity contribution in [2.24, 2.45) is 0 Å². The first-order valence-corrected chi connectivity index (χ1v) is 8.24. The average Bonchev–Trinajstić information content (AvgIpc) is 2.59. The molecule has 0 aliphatic carbocycles. The van der Waals surface area contributed by atoms with Crippen LogP contribution in [0.25, 0.3) is 0 Å². The summed E-state index contributed by atoms with van der Waals surface area (Å²) in [6.45, 7) is 2.28. The van der Waals surface area contributed by atoms with Gasteiger partial charge in [0, 0.05) is 19.6 Å². The maximum atomic E-state index is 13.5. The summed E-state index contributed by atoms with van der Waals surface area (Å²) < 4.78 is 13.5. The van der Waals surface area contributed by atoms with Gasteiger partial charge in [-0.1, -0.05) is 42.5 Å². The highest BCUT2D eigenvalue weighted by Gasteiger charge is 2.40. The molecule has 1 N–H and O–H groups in total. The molecule has 24 heavy (non-hydrogen) atoms. The molecule has 1 aliphatic heterocycles. The summed E-state index contributed by atoms with van der Waals surface area (Å²) in [5.74, 6) is -1.08. The first-order chi connectivity index (χ1) is 11.6. The van der Waals surface area contributed by atoms with Crippen LogP contribution in [0.1, 0.15) is 29.9 Å². The maximum Gasteiger partial charge on any atom is 0.123 e. The molecular formula is C20H21FN2O. The minimum atomic E-state index is -1.10. The highest BCUT2D eigenvalue weighted by Crippen LogP contribution is 2.36. The molecular weight excluding hydrogens is 303 g/mol. The van der Waals surface area contributed by atoms with Gasteiger partial charge < -0.3 is 5.11 Å². The van der Waals surface area contributed by atoms with E-state index in [9.17, 15) is 14.8 Å². The first-order valence-electron chi connectivity index (χ1n) is 8.24. The number of hydrogen-bond acceptors (Lipinski definition) is 3. The van der Waals surface area contributed by atoms with Crippen LogP contribution in [0.3, 0.4) is 0 Å². The van der Waals surface area contributed by atoms with E-state index < -0.39 is 11.5 Å². The number of aliphatic hydroxyl groups is 1. The highest BCUT2D eigenvalue weighted by molar-refractivity contribution is 5.30. The zero-order valence-corrected chi connectivity index (χ0v) is 13.5. The van der Waals surface area contributed by atoms with Crippen LogP contribution in [-0.2, 0) is 6.54 Å². The fourth-order valence-electron chi connectivity index (χ4n) is 3.42. The summed E-state index contributed by atoms with van der Waals surface area (Å²) in [7, 11) is 0. The molecule has 1 fully saturated rings. The lowest BCUT2D eigenvalue weighted by atomic mass is 9.76. The highest BCUT2D eigenvalue weighted by atomic mass is 19.1. The predicted octanol–water partition coefficient (Wildman–Crippen LogP) is 3.46.